The molecule has 1 heterocycles. The van der Waals surface area contributed by atoms with Gasteiger partial charge >= 0.3 is 0 Å². The summed E-state index contributed by atoms with van der Waals surface area (Å²) in [5, 5.41) is 2.98. The molecule has 5 nitrogen and oxygen atoms in total. The van der Waals surface area contributed by atoms with Crippen LogP contribution in [0.15, 0.2) is 48.7 Å². The van der Waals surface area contributed by atoms with Crippen molar-refractivity contribution in [2.75, 3.05) is 11.9 Å². The Hall–Kier alpha value is -2.40. The minimum atomic E-state index is -0.0373. The van der Waals surface area contributed by atoms with Crippen molar-refractivity contribution >= 4 is 11.6 Å². The molecule has 25 heavy (non-hydrogen) atoms. The summed E-state index contributed by atoms with van der Waals surface area (Å²) in [5.74, 6) is 1.18. The molecule has 1 saturated carbocycles. The Morgan fingerprint density at radius 1 is 1.16 bits per heavy atom. The van der Waals surface area contributed by atoms with E-state index in [2.05, 4.69) is 10.3 Å². The molecule has 3 N–H and O–H groups in total. The number of hydrogen-bond donors (Lipinski definition) is 2. The molecule has 0 spiro atoms. The second kappa shape index (κ2) is 8.12. The van der Waals surface area contributed by atoms with E-state index in [4.69, 9.17) is 10.5 Å². The quantitative estimate of drug-likeness (QED) is 0.830. The van der Waals surface area contributed by atoms with E-state index in [0.29, 0.717) is 24.6 Å². The van der Waals surface area contributed by atoms with Crippen molar-refractivity contribution in [3.63, 3.8) is 0 Å². The van der Waals surface area contributed by atoms with E-state index in [-0.39, 0.29) is 11.3 Å². The summed E-state index contributed by atoms with van der Waals surface area (Å²) in [5.41, 5.74) is 6.67. The van der Waals surface area contributed by atoms with Crippen LogP contribution in [0.2, 0.25) is 0 Å². The fraction of sp³-hybridized carbons (Fsp3) is 0.400. The van der Waals surface area contributed by atoms with E-state index in [0.717, 1.165) is 31.4 Å². The molecule has 5 heteroatoms. The summed E-state index contributed by atoms with van der Waals surface area (Å²) in [6.45, 7) is 0.573. The van der Waals surface area contributed by atoms with E-state index in [1.165, 1.54) is 6.42 Å². The van der Waals surface area contributed by atoms with Crippen LogP contribution in [0.1, 0.15) is 38.5 Å². The van der Waals surface area contributed by atoms with Crippen LogP contribution < -0.4 is 15.8 Å². The predicted octanol–water partition coefficient (Wildman–Crippen LogP) is 4.11. The summed E-state index contributed by atoms with van der Waals surface area (Å²) in [6, 6.07) is 12.9. The van der Waals surface area contributed by atoms with Crippen LogP contribution in [0.3, 0.4) is 0 Å². The lowest BCUT2D eigenvalue weighted by atomic mass is 9.71. The van der Waals surface area contributed by atoms with Crippen LogP contribution in [0.4, 0.5) is 5.69 Å². The van der Waals surface area contributed by atoms with Gasteiger partial charge in [0.25, 0.3) is 0 Å². The van der Waals surface area contributed by atoms with Crippen molar-refractivity contribution in [2.24, 2.45) is 11.1 Å². The molecule has 132 valence electrons. The summed E-state index contributed by atoms with van der Waals surface area (Å²) in [4.78, 5) is 16.6. The highest BCUT2D eigenvalue weighted by molar-refractivity contribution is 5.91. The van der Waals surface area contributed by atoms with Gasteiger partial charge in [-0.15, -0.1) is 0 Å². The van der Waals surface area contributed by atoms with Gasteiger partial charge in [0.15, 0.2) is 0 Å². The summed E-state index contributed by atoms with van der Waals surface area (Å²) in [7, 11) is 0. The van der Waals surface area contributed by atoms with Crippen LogP contribution in [-0.4, -0.2) is 17.4 Å². The van der Waals surface area contributed by atoms with Crippen LogP contribution in [0.5, 0.6) is 11.6 Å². The maximum absolute atomic E-state index is 12.5. The zero-order valence-corrected chi connectivity index (χ0v) is 14.4. The Balaban J connectivity index is 1.62. The summed E-state index contributed by atoms with van der Waals surface area (Å²) in [6.07, 6.45) is 7.82. The number of nitrogens with one attached hydrogen (secondary N) is 1. The molecule has 1 aromatic carbocycles. The van der Waals surface area contributed by atoms with Gasteiger partial charge < -0.3 is 15.8 Å². The van der Waals surface area contributed by atoms with Crippen LogP contribution in [0, 0.1) is 5.41 Å². The first-order valence-corrected chi connectivity index (χ1v) is 8.88. The third kappa shape index (κ3) is 4.79. The normalized spacial score (nSPS) is 16.2. The number of aromatic nitrogens is 1. The second-order valence-electron chi connectivity index (χ2n) is 6.79. The third-order valence-corrected chi connectivity index (χ3v) is 4.86. The van der Waals surface area contributed by atoms with Gasteiger partial charge in [-0.25, -0.2) is 4.98 Å². The van der Waals surface area contributed by atoms with Crippen molar-refractivity contribution in [2.45, 2.75) is 38.5 Å². The fourth-order valence-corrected chi connectivity index (χ4v) is 3.47. The summed E-state index contributed by atoms with van der Waals surface area (Å²) >= 11 is 0. The highest BCUT2D eigenvalue weighted by Gasteiger charge is 2.32. The molecule has 0 aliphatic heterocycles. The van der Waals surface area contributed by atoms with E-state index in [1.54, 1.807) is 12.3 Å². The van der Waals surface area contributed by atoms with Gasteiger partial charge in [-0.2, -0.15) is 0 Å². The molecule has 0 atom stereocenters. The van der Waals surface area contributed by atoms with Gasteiger partial charge in [0.2, 0.25) is 11.8 Å². The molecule has 0 radical (unpaired) electrons. The summed E-state index contributed by atoms with van der Waals surface area (Å²) < 4.78 is 5.71. The first-order valence-electron chi connectivity index (χ1n) is 8.88. The van der Waals surface area contributed by atoms with Crippen LogP contribution in [0.25, 0.3) is 0 Å². The number of nitrogens with two attached hydrogens (primary N) is 1. The molecule has 2 aromatic rings. The number of nitrogens with zero attached hydrogens (tertiary/aromatic N) is 1. The van der Waals surface area contributed by atoms with Crippen molar-refractivity contribution < 1.29 is 9.53 Å². The number of benzene rings is 1. The number of carbonyl (C=O) groups excluding carboxylic acids is 1. The standard InChI is InChI=1S/C20H25N3O2/c21-15-20(10-3-1-4-11-20)14-18(24)23-16-7-6-8-17(13-16)25-19-9-2-5-12-22-19/h2,5-9,12-13H,1,3-4,10-11,14-15,21H2,(H,23,24). The third-order valence-electron chi connectivity index (χ3n) is 4.86. The monoisotopic (exact) mass is 339 g/mol. The van der Waals surface area contributed by atoms with Crippen molar-refractivity contribution in [1.82, 2.24) is 4.98 Å². The Labute approximate surface area is 148 Å². The highest BCUT2D eigenvalue weighted by Crippen LogP contribution is 2.38. The molecule has 0 unspecified atom stereocenters. The Morgan fingerprint density at radius 3 is 2.72 bits per heavy atom. The van der Waals surface area contributed by atoms with Crippen LogP contribution in [-0.2, 0) is 4.79 Å². The first-order chi connectivity index (χ1) is 12.2. The number of anilines is 1. The molecule has 0 saturated heterocycles. The number of ether oxygens (including phenoxy) is 1. The van der Waals surface area contributed by atoms with Gasteiger partial charge in [-0.05, 0) is 43.0 Å². The number of rotatable bonds is 6. The van der Waals surface area contributed by atoms with Crippen molar-refractivity contribution in [3.05, 3.63) is 48.7 Å². The number of hydrogen-bond acceptors (Lipinski definition) is 4. The first kappa shape index (κ1) is 17.4. The minimum absolute atomic E-state index is 0.0161. The zero-order chi connectivity index (χ0) is 17.5. The lowest BCUT2D eigenvalue weighted by molar-refractivity contribution is -0.118. The Morgan fingerprint density at radius 2 is 2.00 bits per heavy atom. The minimum Gasteiger partial charge on any atom is -0.439 e. The predicted molar refractivity (Wildman–Crippen MR) is 98.6 cm³/mol. The van der Waals surface area contributed by atoms with E-state index >= 15 is 0 Å². The molecule has 0 bridgehead atoms. The average Bonchev–Trinajstić information content (AvgIpc) is 2.63. The molecule has 1 fully saturated rings. The largest absolute Gasteiger partial charge is 0.439 e. The van der Waals surface area contributed by atoms with Gasteiger partial charge in [0.05, 0.1) is 0 Å². The van der Waals surface area contributed by atoms with E-state index < -0.39 is 0 Å². The SMILES string of the molecule is NCC1(CC(=O)Nc2cccc(Oc3ccccn3)c2)CCCCC1. The Bertz CT molecular complexity index is 697. The molecule has 1 amide bonds. The smallest absolute Gasteiger partial charge is 0.224 e. The molecule has 1 aromatic heterocycles. The molecular weight excluding hydrogens is 314 g/mol. The molecule has 1 aliphatic carbocycles. The topological polar surface area (TPSA) is 77.2 Å². The zero-order valence-electron chi connectivity index (χ0n) is 14.4. The van der Waals surface area contributed by atoms with Gasteiger partial charge in [-0.3, -0.25) is 4.79 Å². The second-order valence-corrected chi connectivity index (χ2v) is 6.79. The fourth-order valence-electron chi connectivity index (χ4n) is 3.47. The van der Waals surface area contributed by atoms with Crippen molar-refractivity contribution in [3.8, 4) is 11.6 Å². The molecular formula is C20H25N3O2. The molecule has 3 rings (SSSR count). The maximum atomic E-state index is 12.5. The number of amides is 1. The number of carbonyl (C=O) groups is 1. The molecule has 1 aliphatic rings. The highest BCUT2D eigenvalue weighted by atomic mass is 16.5. The average molecular weight is 339 g/mol. The van der Waals surface area contributed by atoms with Crippen LogP contribution >= 0.6 is 0 Å². The number of pyridine rings is 1. The van der Waals surface area contributed by atoms with Gasteiger partial charge in [0.1, 0.15) is 5.75 Å². The Kier molecular flexibility index (Phi) is 5.66. The van der Waals surface area contributed by atoms with Gasteiger partial charge in [-0.1, -0.05) is 31.4 Å². The van der Waals surface area contributed by atoms with E-state index in [1.807, 2.05) is 36.4 Å². The maximum Gasteiger partial charge on any atom is 0.224 e. The van der Waals surface area contributed by atoms with Gasteiger partial charge in [0, 0.05) is 30.4 Å². The van der Waals surface area contributed by atoms with Crippen molar-refractivity contribution in [1.29, 1.82) is 0 Å². The van der Waals surface area contributed by atoms with E-state index in [9.17, 15) is 4.79 Å². The lowest BCUT2D eigenvalue weighted by Gasteiger charge is -2.35. The lowest BCUT2D eigenvalue weighted by Crippen LogP contribution is -2.36.